The third-order valence-corrected chi connectivity index (χ3v) is 5.27. The van der Waals surface area contributed by atoms with Gasteiger partial charge in [0.25, 0.3) is 0 Å². The fourth-order valence-corrected chi connectivity index (χ4v) is 3.40. The summed E-state index contributed by atoms with van der Waals surface area (Å²) in [6.07, 6.45) is 4.09. The highest BCUT2D eigenvalue weighted by atomic mass is 16.3. The second-order valence-electron chi connectivity index (χ2n) is 9.87. The molecule has 0 atom stereocenters. The number of aromatic hydroxyl groups is 1. The van der Waals surface area contributed by atoms with Gasteiger partial charge in [0.1, 0.15) is 5.75 Å². The number of para-hydroxylation sites is 2. The molecule has 2 heteroatoms. The molecule has 0 aromatic heterocycles. The van der Waals surface area contributed by atoms with Crippen molar-refractivity contribution in [2.45, 2.75) is 52.4 Å². The van der Waals surface area contributed by atoms with E-state index in [1.807, 2.05) is 36.4 Å². The van der Waals surface area contributed by atoms with Gasteiger partial charge in [-0.2, -0.15) is 0 Å². The van der Waals surface area contributed by atoms with Crippen LogP contribution in [0.3, 0.4) is 0 Å². The molecule has 3 aromatic rings. The van der Waals surface area contributed by atoms with Crippen LogP contribution in [-0.4, -0.2) is 5.11 Å². The molecule has 0 bridgehead atoms. The van der Waals surface area contributed by atoms with Gasteiger partial charge in [0.2, 0.25) is 0 Å². The fraction of sp³-hybridized carbons (Fsp3) is 0.286. The van der Waals surface area contributed by atoms with E-state index in [0.29, 0.717) is 5.75 Å². The summed E-state index contributed by atoms with van der Waals surface area (Å²) < 4.78 is 0. The van der Waals surface area contributed by atoms with Crippen molar-refractivity contribution in [2.75, 3.05) is 5.32 Å². The summed E-state index contributed by atoms with van der Waals surface area (Å²) in [6, 6.07) is 22.6. The minimum Gasteiger partial charge on any atom is -0.507 e. The molecule has 0 aliphatic carbocycles. The van der Waals surface area contributed by atoms with E-state index in [2.05, 4.69) is 89.3 Å². The van der Waals surface area contributed by atoms with Gasteiger partial charge >= 0.3 is 0 Å². The van der Waals surface area contributed by atoms with Gasteiger partial charge in [0.15, 0.2) is 0 Å². The Morgan fingerprint density at radius 2 is 1.30 bits per heavy atom. The van der Waals surface area contributed by atoms with E-state index >= 15 is 0 Å². The summed E-state index contributed by atoms with van der Waals surface area (Å²) in [5.41, 5.74) is 6.06. The first-order chi connectivity index (χ1) is 14.1. The first-order valence-corrected chi connectivity index (χ1v) is 10.5. The van der Waals surface area contributed by atoms with Crippen LogP contribution in [0.4, 0.5) is 11.4 Å². The molecule has 0 heterocycles. The van der Waals surface area contributed by atoms with Crippen molar-refractivity contribution >= 4 is 23.5 Å². The van der Waals surface area contributed by atoms with E-state index in [1.54, 1.807) is 0 Å². The van der Waals surface area contributed by atoms with Gasteiger partial charge in [0.05, 0.1) is 0 Å². The molecule has 3 aromatic carbocycles. The van der Waals surface area contributed by atoms with Gasteiger partial charge in [-0.05, 0) is 46.2 Å². The summed E-state index contributed by atoms with van der Waals surface area (Å²) in [5, 5.41) is 14.5. The molecule has 0 unspecified atom stereocenters. The minimum atomic E-state index is -0.138. The highest BCUT2D eigenvalue weighted by Gasteiger charge is 2.24. The molecule has 0 aliphatic heterocycles. The number of nitrogens with one attached hydrogen (secondary N) is 1. The summed E-state index contributed by atoms with van der Waals surface area (Å²) in [4.78, 5) is 0. The Hall–Kier alpha value is -3.00. The largest absolute Gasteiger partial charge is 0.507 e. The fourth-order valence-electron chi connectivity index (χ4n) is 3.40. The molecule has 0 saturated heterocycles. The monoisotopic (exact) mass is 399 g/mol. The molecule has 156 valence electrons. The van der Waals surface area contributed by atoms with Crippen LogP contribution in [0.1, 0.15) is 63.8 Å². The lowest BCUT2D eigenvalue weighted by atomic mass is 9.79. The van der Waals surface area contributed by atoms with Crippen LogP contribution >= 0.6 is 0 Å². The van der Waals surface area contributed by atoms with Crippen LogP contribution in [-0.2, 0) is 10.8 Å². The third-order valence-electron chi connectivity index (χ3n) is 5.27. The van der Waals surface area contributed by atoms with E-state index in [4.69, 9.17) is 0 Å². The zero-order chi connectivity index (χ0) is 21.9. The predicted molar refractivity (Wildman–Crippen MR) is 131 cm³/mol. The maximum atomic E-state index is 11.0. The number of phenolic OH excluding ortho intramolecular Hbond substituents is 1. The lowest BCUT2D eigenvalue weighted by molar-refractivity contribution is 0.443. The normalized spacial score (nSPS) is 12.3. The Labute approximate surface area is 181 Å². The van der Waals surface area contributed by atoms with Crippen LogP contribution in [0.5, 0.6) is 5.75 Å². The van der Waals surface area contributed by atoms with Crippen LogP contribution in [0.15, 0.2) is 66.7 Å². The average molecular weight is 400 g/mol. The number of hydrogen-bond acceptors (Lipinski definition) is 2. The second-order valence-corrected chi connectivity index (χ2v) is 9.87. The quantitative estimate of drug-likeness (QED) is 0.437. The number of benzene rings is 3. The predicted octanol–water partition coefficient (Wildman–Crippen LogP) is 7.90. The topological polar surface area (TPSA) is 32.3 Å². The highest BCUT2D eigenvalue weighted by molar-refractivity contribution is 5.81. The SMILES string of the molecule is CC(C)(C)c1cc(/C=C/c2ccccc2Nc2ccccc2)c(O)c(C(C)(C)C)c1. The maximum Gasteiger partial charge on any atom is 0.126 e. The molecule has 2 nitrogen and oxygen atoms in total. The summed E-state index contributed by atoms with van der Waals surface area (Å²) >= 11 is 0. The standard InChI is InChI=1S/C28H33NO/c1-27(2,3)22-18-21(26(30)24(19-22)28(4,5)6)17-16-20-12-10-11-15-25(20)29-23-13-8-7-9-14-23/h7-19,29-30H,1-6H3/b17-16+. The molecule has 0 amide bonds. The summed E-state index contributed by atoms with van der Waals surface area (Å²) in [6.45, 7) is 13.0. The molecule has 0 saturated carbocycles. The average Bonchev–Trinajstić information content (AvgIpc) is 2.67. The van der Waals surface area contributed by atoms with Gasteiger partial charge in [-0.15, -0.1) is 0 Å². The van der Waals surface area contributed by atoms with Crippen molar-refractivity contribution in [1.82, 2.24) is 0 Å². The van der Waals surface area contributed by atoms with Crippen molar-refractivity contribution in [3.05, 3.63) is 89.0 Å². The van der Waals surface area contributed by atoms with Crippen molar-refractivity contribution < 1.29 is 5.11 Å². The van der Waals surface area contributed by atoms with Crippen molar-refractivity contribution in [3.63, 3.8) is 0 Å². The van der Waals surface area contributed by atoms with E-state index < -0.39 is 0 Å². The molecular weight excluding hydrogens is 366 g/mol. The molecule has 0 fully saturated rings. The number of anilines is 2. The van der Waals surface area contributed by atoms with Gasteiger partial charge < -0.3 is 10.4 Å². The maximum absolute atomic E-state index is 11.0. The number of rotatable bonds is 4. The van der Waals surface area contributed by atoms with E-state index in [1.165, 1.54) is 5.56 Å². The first kappa shape index (κ1) is 21.7. The molecule has 0 aliphatic rings. The van der Waals surface area contributed by atoms with Crippen LogP contribution in [0.25, 0.3) is 12.2 Å². The Balaban J connectivity index is 2.03. The lowest BCUT2D eigenvalue weighted by Crippen LogP contribution is -2.17. The third kappa shape index (κ3) is 5.13. The molecule has 0 spiro atoms. The highest BCUT2D eigenvalue weighted by Crippen LogP contribution is 2.38. The molecule has 2 N–H and O–H groups in total. The van der Waals surface area contributed by atoms with Gasteiger partial charge in [-0.1, -0.05) is 96.2 Å². The minimum absolute atomic E-state index is 0.00304. The Kier molecular flexibility index (Phi) is 6.07. The first-order valence-electron chi connectivity index (χ1n) is 10.5. The van der Waals surface area contributed by atoms with Gasteiger partial charge in [0, 0.05) is 22.5 Å². The van der Waals surface area contributed by atoms with Crippen LogP contribution < -0.4 is 5.32 Å². The lowest BCUT2D eigenvalue weighted by Gasteiger charge is -2.27. The zero-order valence-electron chi connectivity index (χ0n) is 19.0. The van der Waals surface area contributed by atoms with Crippen molar-refractivity contribution in [2.24, 2.45) is 0 Å². The second kappa shape index (κ2) is 8.39. The van der Waals surface area contributed by atoms with Crippen LogP contribution in [0.2, 0.25) is 0 Å². The molecule has 3 rings (SSSR count). The molecule has 0 radical (unpaired) electrons. The van der Waals surface area contributed by atoms with Crippen LogP contribution in [0, 0.1) is 0 Å². The Bertz CT molecular complexity index is 1030. The van der Waals surface area contributed by atoms with Gasteiger partial charge in [-0.25, -0.2) is 0 Å². The zero-order valence-corrected chi connectivity index (χ0v) is 19.0. The summed E-state index contributed by atoms with van der Waals surface area (Å²) in [5.74, 6) is 0.361. The van der Waals surface area contributed by atoms with Crippen molar-refractivity contribution in [3.8, 4) is 5.75 Å². The molecule has 30 heavy (non-hydrogen) atoms. The molecular formula is C28H33NO. The van der Waals surface area contributed by atoms with E-state index in [0.717, 1.165) is 28.1 Å². The summed E-state index contributed by atoms with van der Waals surface area (Å²) in [7, 11) is 0. The number of hydrogen-bond donors (Lipinski definition) is 2. The Morgan fingerprint density at radius 1 is 0.700 bits per heavy atom. The number of phenols is 1. The van der Waals surface area contributed by atoms with E-state index in [9.17, 15) is 5.11 Å². The Morgan fingerprint density at radius 3 is 1.93 bits per heavy atom. The van der Waals surface area contributed by atoms with Gasteiger partial charge in [-0.3, -0.25) is 0 Å². The van der Waals surface area contributed by atoms with E-state index in [-0.39, 0.29) is 10.8 Å². The van der Waals surface area contributed by atoms with Crippen molar-refractivity contribution in [1.29, 1.82) is 0 Å². The smallest absolute Gasteiger partial charge is 0.126 e.